The molecular weight excluding hydrogens is 280 g/mol. The first-order valence-electron chi connectivity index (χ1n) is 7.88. The molecule has 1 aromatic carbocycles. The van der Waals surface area contributed by atoms with E-state index in [9.17, 15) is 9.59 Å². The fourth-order valence-corrected chi connectivity index (χ4v) is 3.11. The highest BCUT2D eigenvalue weighted by molar-refractivity contribution is 5.88. The summed E-state index contributed by atoms with van der Waals surface area (Å²) in [7, 11) is 1.65. The Morgan fingerprint density at radius 3 is 2.45 bits per heavy atom. The standard InChI is InChI=1S/C17H24N2O3/c1-19(17(21)14-10-6-3-7-11-14)15(16(20)18-22)12-13-8-4-2-5-9-13/h2,4-5,8-9,14-15,22H,3,6-7,10-12H2,1H3,(H,18,20). The molecule has 2 N–H and O–H groups in total. The summed E-state index contributed by atoms with van der Waals surface area (Å²) in [5.41, 5.74) is 2.65. The van der Waals surface area contributed by atoms with Gasteiger partial charge in [0.1, 0.15) is 6.04 Å². The van der Waals surface area contributed by atoms with Crippen LogP contribution >= 0.6 is 0 Å². The Morgan fingerprint density at radius 2 is 1.86 bits per heavy atom. The Morgan fingerprint density at radius 1 is 1.23 bits per heavy atom. The van der Waals surface area contributed by atoms with E-state index in [1.54, 1.807) is 12.5 Å². The predicted octanol–water partition coefficient (Wildman–Crippen LogP) is 2.14. The Kier molecular flexibility index (Phi) is 5.95. The van der Waals surface area contributed by atoms with Gasteiger partial charge < -0.3 is 4.90 Å². The van der Waals surface area contributed by atoms with E-state index in [1.807, 2.05) is 30.3 Å². The fourth-order valence-electron chi connectivity index (χ4n) is 3.11. The van der Waals surface area contributed by atoms with Gasteiger partial charge in [-0.25, -0.2) is 5.48 Å². The number of hydroxylamine groups is 1. The lowest BCUT2D eigenvalue weighted by Gasteiger charge is -2.31. The van der Waals surface area contributed by atoms with Crippen molar-refractivity contribution in [2.75, 3.05) is 7.05 Å². The van der Waals surface area contributed by atoms with E-state index in [0.717, 1.165) is 31.2 Å². The van der Waals surface area contributed by atoms with E-state index in [2.05, 4.69) is 0 Å². The van der Waals surface area contributed by atoms with Crippen LogP contribution in [0.3, 0.4) is 0 Å². The molecule has 0 aliphatic heterocycles. The zero-order valence-electron chi connectivity index (χ0n) is 13.0. The van der Waals surface area contributed by atoms with Crippen molar-refractivity contribution in [1.82, 2.24) is 10.4 Å². The van der Waals surface area contributed by atoms with E-state index in [0.29, 0.717) is 6.42 Å². The monoisotopic (exact) mass is 304 g/mol. The molecule has 5 nitrogen and oxygen atoms in total. The van der Waals surface area contributed by atoms with Crippen LogP contribution in [0.5, 0.6) is 0 Å². The summed E-state index contributed by atoms with van der Waals surface area (Å²) in [5.74, 6) is -0.539. The molecule has 0 heterocycles. The van der Waals surface area contributed by atoms with Crippen LogP contribution in [0.4, 0.5) is 0 Å². The SMILES string of the molecule is CN(C(=O)C1CCCCC1)C(Cc1ccccc1)C(=O)NO. The van der Waals surface area contributed by atoms with E-state index in [1.165, 1.54) is 11.3 Å². The molecule has 0 aromatic heterocycles. The minimum absolute atomic E-state index is 0.00326. The Labute approximate surface area is 131 Å². The molecule has 1 aliphatic carbocycles. The molecule has 22 heavy (non-hydrogen) atoms. The molecule has 120 valence electrons. The summed E-state index contributed by atoms with van der Waals surface area (Å²) in [6.07, 6.45) is 5.49. The number of carbonyl (C=O) groups excluding carboxylic acids is 2. The van der Waals surface area contributed by atoms with Gasteiger partial charge in [-0.15, -0.1) is 0 Å². The number of hydrogen-bond acceptors (Lipinski definition) is 3. The summed E-state index contributed by atoms with van der Waals surface area (Å²) < 4.78 is 0. The van der Waals surface area contributed by atoms with Gasteiger partial charge >= 0.3 is 0 Å². The van der Waals surface area contributed by atoms with Gasteiger partial charge in [0.2, 0.25) is 5.91 Å². The number of amides is 2. The third kappa shape index (κ3) is 4.07. The first-order chi connectivity index (χ1) is 10.6. The number of nitrogens with one attached hydrogen (secondary N) is 1. The molecule has 5 heteroatoms. The van der Waals surface area contributed by atoms with Crippen molar-refractivity contribution in [2.24, 2.45) is 5.92 Å². The smallest absolute Gasteiger partial charge is 0.266 e. The van der Waals surface area contributed by atoms with Crippen molar-refractivity contribution in [1.29, 1.82) is 0 Å². The highest BCUT2D eigenvalue weighted by Gasteiger charge is 2.31. The predicted molar refractivity (Wildman–Crippen MR) is 83.2 cm³/mol. The van der Waals surface area contributed by atoms with Crippen molar-refractivity contribution in [3.8, 4) is 0 Å². The summed E-state index contributed by atoms with van der Waals surface area (Å²) in [4.78, 5) is 26.1. The molecule has 1 unspecified atom stereocenters. The normalized spacial score (nSPS) is 16.8. The average Bonchev–Trinajstić information content (AvgIpc) is 2.59. The molecule has 1 aliphatic rings. The van der Waals surface area contributed by atoms with Crippen LogP contribution in [0.2, 0.25) is 0 Å². The van der Waals surface area contributed by atoms with Gasteiger partial charge in [0.05, 0.1) is 0 Å². The maximum absolute atomic E-state index is 12.6. The number of benzene rings is 1. The van der Waals surface area contributed by atoms with Gasteiger partial charge in [-0.2, -0.15) is 0 Å². The quantitative estimate of drug-likeness (QED) is 0.647. The number of likely N-dealkylation sites (N-methyl/N-ethyl adjacent to an activating group) is 1. The van der Waals surface area contributed by atoms with E-state index in [4.69, 9.17) is 5.21 Å². The Hall–Kier alpha value is -1.88. The first-order valence-corrected chi connectivity index (χ1v) is 7.88. The second-order valence-corrected chi connectivity index (χ2v) is 5.97. The van der Waals surface area contributed by atoms with Gasteiger partial charge in [-0.1, -0.05) is 49.6 Å². The lowest BCUT2D eigenvalue weighted by atomic mass is 9.88. The van der Waals surface area contributed by atoms with E-state index < -0.39 is 11.9 Å². The lowest BCUT2D eigenvalue weighted by molar-refractivity contribution is -0.146. The molecule has 0 radical (unpaired) electrons. The van der Waals surface area contributed by atoms with Crippen LogP contribution in [0, 0.1) is 5.92 Å². The molecular formula is C17H24N2O3. The molecule has 2 rings (SSSR count). The van der Waals surface area contributed by atoms with Gasteiger partial charge in [0.15, 0.2) is 0 Å². The third-order valence-corrected chi connectivity index (χ3v) is 4.45. The van der Waals surface area contributed by atoms with Crippen LogP contribution in [0.1, 0.15) is 37.7 Å². The molecule has 0 saturated heterocycles. The minimum Gasteiger partial charge on any atom is -0.333 e. The summed E-state index contributed by atoms with van der Waals surface area (Å²) in [6.45, 7) is 0. The lowest BCUT2D eigenvalue weighted by Crippen LogP contribution is -2.50. The maximum Gasteiger partial charge on any atom is 0.266 e. The molecule has 2 amide bonds. The third-order valence-electron chi connectivity index (χ3n) is 4.45. The Balaban J connectivity index is 2.10. The van der Waals surface area contributed by atoms with Crippen LogP contribution in [0.25, 0.3) is 0 Å². The van der Waals surface area contributed by atoms with Crippen LogP contribution in [-0.4, -0.2) is 35.0 Å². The summed E-state index contributed by atoms with van der Waals surface area (Å²) in [5, 5.41) is 8.99. The van der Waals surface area contributed by atoms with Gasteiger partial charge in [-0.05, 0) is 18.4 Å². The second-order valence-electron chi connectivity index (χ2n) is 5.97. The zero-order valence-corrected chi connectivity index (χ0v) is 13.0. The number of hydrogen-bond donors (Lipinski definition) is 2. The molecule has 1 aromatic rings. The Bertz CT molecular complexity index is 498. The van der Waals surface area contributed by atoms with Crippen molar-refractivity contribution in [3.05, 3.63) is 35.9 Å². The maximum atomic E-state index is 12.6. The molecule has 0 spiro atoms. The molecule has 1 saturated carbocycles. The minimum atomic E-state index is -0.693. The zero-order chi connectivity index (χ0) is 15.9. The van der Waals surface area contributed by atoms with Crippen LogP contribution < -0.4 is 5.48 Å². The molecule has 1 fully saturated rings. The van der Waals surface area contributed by atoms with Gasteiger partial charge in [0.25, 0.3) is 5.91 Å². The van der Waals surface area contributed by atoms with Gasteiger partial charge in [-0.3, -0.25) is 14.8 Å². The summed E-state index contributed by atoms with van der Waals surface area (Å²) in [6, 6.07) is 8.83. The highest BCUT2D eigenvalue weighted by Crippen LogP contribution is 2.26. The highest BCUT2D eigenvalue weighted by atomic mass is 16.5. The van der Waals surface area contributed by atoms with Crippen molar-refractivity contribution >= 4 is 11.8 Å². The van der Waals surface area contributed by atoms with Crippen molar-refractivity contribution in [3.63, 3.8) is 0 Å². The number of nitrogens with zero attached hydrogens (tertiary/aromatic N) is 1. The summed E-state index contributed by atoms with van der Waals surface area (Å²) >= 11 is 0. The van der Waals surface area contributed by atoms with Crippen molar-refractivity contribution < 1.29 is 14.8 Å². The fraction of sp³-hybridized carbons (Fsp3) is 0.529. The largest absolute Gasteiger partial charge is 0.333 e. The van der Waals surface area contributed by atoms with E-state index >= 15 is 0 Å². The van der Waals surface area contributed by atoms with Gasteiger partial charge in [0, 0.05) is 19.4 Å². The average molecular weight is 304 g/mol. The topological polar surface area (TPSA) is 69.6 Å². The molecule has 1 atom stereocenters. The van der Waals surface area contributed by atoms with E-state index in [-0.39, 0.29) is 11.8 Å². The first kappa shape index (κ1) is 16.5. The number of rotatable bonds is 5. The molecule has 0 bridgehead atoms. The number of carbonyl (C=O) groups is 2. The second kappa shape index (κ2) is 7.94. The van der Waals surface area contributed by atoms with Crippen LogP contribution in [0.15, 0.2) is 30.3 Å². The van der Waals surface area contributed by atoms with Crippen LogP contribution in [-0.2, 0) is 16.0 Å². The van der Waals surface area contributed by atoms with Crippen molar-refractivity contribution in [2.45, 2.75) is 44.6 Å².